The van der Waals surface area contributed by atoms with Gasteiger partial charge in [-0.15, -0.1) is 0 Å². The van der Waals surface area contributed by atoms with E-state index < -0.39 is 11.9 Å². The van der Waals surface area contributed by atoms with E-state index in [4.69, 9.17) is 10.8 Å². The molecule has 12 heavy (non-hydrogen) atoms. The van der Waals surface area contributed by atoms with Gasteiger partial charge >= 0.3 is 5.97 Å². The van der Waals surface area contributed by atoms with E-state index in [1.165, 1.54) is 0 Å². The summed E-state index contributed by atoms with van der Waals surface area (Å²) in [4.78, 5) is 10.6. The van der Waals surface area contributed by atoms with Crippen LogP contribution in [0, 0.1) is 17.8 Å². The monoisotopic (exact) mass is 173 g/mol. The molecule has 0 bridgehead atoms. The van der Waals surface area contributed by atoms with Gasteiger partial charge in [-0.1, -0.05) is 27.7 Å². The lowest BCUT2D eigenvalue weighted by Crippen LogP contribution is -2.40. The molecular formula is C9H19NO2. The molecule has 0 radical (unpaired) electrons. The lowest BCUT2D eigenvalue weighted by atomic mass is 9.84. The lowest BCUT2D eigenvalue weighted by molar-refractivity contribution is -0.142. The van der Waals surface area contributed by atoms with E-state index >= 15 is 0 Å². The number of carbonyl (C=O) groups is 1. The zero-order valence-electron chi connectivity index (χ0n) is 8.24. The van der Waals surface area contributed by atoms with Crippen LogP contribution in [-0.4, -0.2) is 17.1 Å². The Morgan fingerprint density at radius 1 is 1.25 bits per heavy atom. The largest absolute Gasteiger partial charge is 0.481 e. The minimum Gasteiger partial charge on any atom is -0.481 e. The van der Waals surface area contributed by atoms with Crippen molar-refractivity contribution in [1.82, 2.24) is 0 Å². The Labute approximate surface area is 74.0 Å². The third-order valence-corrected chi connectivity index (χ3v) is 2.63. The SMILES string of the molecule is CC(C(=O)O)[C@@H](N)[C@@H](C)C(C)C. The van der Waals surface area contributed by atoms with Crippen molar-refractivity contribution in [2.45, 2.75) is 33.7 Å². The van der Waals surface area contributed by atoms with Crippen molar-refractivity contribution in [3.8, 4) is 0 Å². The molecule has 72 valence electrons. The van der Waals surface area contributed by atoms with E-state index in [0.29, 0.717) is 5.92 Å². The van der Waals surface area contributed by atoms with Crippen LogP contribution >= 0.6 is 0 Å². The average molecular weight is 173 g/mol. The predicted octanol–water partition coefficient (Wildman–Crippen LogP) is 1.33. The topological polar surface area (TPSA) is 63.3 Å². The highest BCUT2D eigenvalue weighted by Gasteiger charge is 2.26. The van der Waals surface area contributed by atoms with Crippen LogP contribution < -0.4 is 5.73 Å². The van der Waals surface area contributed by atoms with Gasteiger partial charge in [0, 0.05) is 6.04 Å². The van der Waals surface area contributed by atoms with E-state index in [1.54, 1.807) is 6.92 Å². The van der Waals surface area contributed by atoms with Gasteiger partial charge in [0.15, 0.2) is 0 Å². The van der Waals surface area contributed by atoms with Crippen LogP contribution in [0.2, 0.25) is 0 Å². The third kappa shape index (κ3) is 2.81. The van der Waals surface area contributed by atoms with Crippen LogP contribution in [0.15, 0.2) is 0 Å². The summed E-state index contributed by atoms with van der Waals surface area (Å²) in [7, 11) is 0. The first kappa shape index (κ1) is 11.4. The molecule has 0 aliphatic carbocycles. The van der Waals surface area contributed by atoms with Crippen LogP contribution in [0.25, 0.3) is 0 Å². The Bertz CT molecular complexity index is 157. The standard InChI is InChI=1S/C9H19NO2/c1-5(2)6(3)8(10)7(4)9(11)12/h5-8H,10H2,1-4H3,(H,11,12)/t6-,7?,8-/m0/s1. The highest BCUT2D eigenvalue weighted by Crippen LogP contribution is 2.18. The fraction of sp³-hybridized carbons (Fsp3) is 0.889. The second-order valence-electron chi connectivity index (χ2n) is 3.81. The smallest absolute Gasteiger partial charge is 0.307 e. The van der Waals surface area contributed by atoms with Gasteiger partial charge in [0.1, 0.15) is 0 Å². The Balaban J connectivity index is 4.18. The summed E-state index contributed by atoms with van der Waals surface area (Å²) in [6.07, 6.45) is 0. The molecule has 0 aliphatic rings. The molecule has 0 amide bonds. The first-order chi connectivity index (χ1) is 5.37. The maximum absolute atomic E-state index is 10.6. The highest BCUT2D eigenvalue weighted by atomic mass is 16.4. The minimum absolute atomic E-state index is 0.246. The number of rotatable bonds is 4. The Morgan fingerprint density at radius 2 is 1.67 bits per heavy atom. The summed E-state index contributed by atoms with van der Waals surface area (Å²) in [5.74, 6) is -0.588. The normalized spacial score (nSPS) is 18.8. The summed E-state index contributed by atoms with van der Waals surface area (Å²) >= 11 is 0. The van der Waals surface area contributed by atoms with Gasteiger partial charge in [0.25, 0.3) is 0 Å². The molecule has 0 rings (SSSR count). The summed E-state index contributed by atoms with van der Waals surface area (Å²) < 4.78 is 0. The van der Waals surface area contributed by atoms with Gasteiger partial charge in [0.2, 0.25) is 0 Å². The number of hydrogen-bond donors (Lipinski definition) is 2. The summed E-state index contributed by atoms with van der Waals surface area (Å²) in [6, 6.07) is -0.248. The number of carboxylic acid groups (broad SMARTS) is 1. The van der Waals surface area contributed by atoms with Crippen molar-refractivity contribution >= 4 is 5.97 Å². The molecule has 0 heterocycles. The minimum atomic E-state index is -0.810. The molecule has 3 N–H and O–H groups in total. The molecule has 3 heteroatoms. The van der Waals surface area contributed by atoms with Gasteiger partial charge in [-0.05, 0) is 11.8 Å². The molecule has 0 saturated carbocycles. The number of aliphatic carboxylic acids is 1. The zero-order chi connectivity index (χ0) is 9.89. The third-order valence-electron chi connectivity index (χ3n) is 2.63. The van der Waals surface area contributed by atoms with Crippen LogP contribution in [-0.2, 0) is 4.79 Å². The fourth-order valence-electron chi connectivity index (χ4n) is 1.06. The zero-order valence-corrected chi connectivity index (χ0v) is 8.24. The van der Waals surface area contributed by atoms with Crippen molar-refractivity contribution in [1.29, 1.82) is 0 Å². The number of carboxylic acids is 1. The Kier molecular flexibility index (Phi) is 4.24. The van der Waals surface area contributed by atoms with Gasteiger partial charge in [-0.25, -0.2) is 0 Å². The maximum atomic E-state index is 10.6. The highest BCUT2D eigenvalue weighted by molar-refractivity contribution is 5.70. The van der Waals surface area contributed by atoms with Crippen LogP contribution in [0.3, 0.4) is 0 Å². The number of nitrogens with two attached hydrogens (primary N) is 1. The van der Waals surface area contributed by atoms with Crippen LogP contribution in [0.4, 0.5) is 0 Å². The Morgan fingerprint density at radius 3 is 1.92 bits per heavy atom. The van der Waals surface area contributed by atoms with Gasteiger partial charge in [-0.3, -0.25) is 4.79 Å². The van der Waals surface area contributed by atoms with E-state index in [2.05, 4.69) is 13.8 Å². The molecule has 0 aliphatic heterocycles. The van der Waals surface area contributed by atoms with Crippen molar-refractivity contribution in [3.05, 3.63) is 0 Å². The summed E-state index contributed by atoms with van der Waals surface area (Å²) in [5, 5.41) is 8.70. The van der Waals surface area contributed by atoms with E-state index in [9.17, 15) is 4.79 Å². The second kappa shape index (κ2) is 4.45. The maximum Gasteiger partial charge on any atom is 0.307 e. The number of hydrogen-bond acceptors (Lipinski definition) is 2. The first-order valence-corrected chi connectivity index (χ1v) is 4.36. The molecule has 0 saturated heterocycles. The molecule has 1 unspecified atom stereocenters. The average Bonchev–Trinajstić information content (AvgIpc) is 2.00. The van der Waals surface area contributed by atoms with Gasteiger partial charge < -0.3 is 10.8 Å². The molecule has 0 spiro atoms. The molecule has 0 aromatic carbocycles. The summed E-state index contributed by atoms with van der Waals surface area (Å²) in [5.41, 5.74) is 5.78. The quantitative estimate of drug-likeness (QED) is 0.674. The van der Waals surface area contributed by atoms with Gasteiger partial charge in [0.05, 0.1) is 5.92 Å². The van der Waals surface area contributed by atoms with Crippen LogP contribution in [0.5, 0.6) is 0 Å². The summed E-state index contributed by atoms with van der Waals surface area (Å²) in [6.45, 7) is 7.76. The van der Waals surface area contributed by atoms with E-state index in [-0.39, 0.29) is 12.0 Å². The second-order valence-corrected chi connectivity index (χ2v) is 3.81. The van der Waals surface area contributed by atoms with Crippen molar-refractivity contribution < 1.29 is 9.90 Å². The predicted molar refractivity (Wildman–Crippen MR) is 48.8 cm³/mol. The first-order valence-electron chi connectivity index (χ1n) is 4.36. The lowest BCUT2D eigenvalue weighted by Gasteiger charge is -2.26. The van der Waals surface area contributed by atoms with E-state index in [0.717, 1.165) is 0 Å². The Hall–Kier alpha value is -0.570. The molecule has 0 aromatic heterocycles. The van der Waals surface area contributed by atoms with Gasteiger partial charge in [-0.2, -0.15) is 0 Å². The molecule has 3 nitrogen and oxygen atoms in total. The molecular weight excluding hydrogens is 154 g/mol. The molecule has 0 fully saturated rings. The van der Waals surface area contributed by atoms with Crippen molar-refractivity contribution in [2.75, 3.05) is 0 Å². The van der Waals surface area contributed by atoms with Crippen molar-refractivity contribution in [2.24, 2.45) is 23.5 Å². The van der Waals surface area contributed by atoms with Crippen molar-refractivity contribution in [3.63, 3.8) is 0 Å². The molecule has 0 aromatic rings. The van der Waals surface area contributed by atoms with E-state index in [1.807, 2.05) is 6.92 Å². The fourth-order valence-corrected chi connectivity index (χ4v) is 1.06. The molecule has 3 atom stereocenters. The van der Waals surface area contributed by atoms with Crippen LogP contribution in [0.1, 0.15) is 27.7 Å².